The average Bonchev–Trinajstić information content (AvgIpc) is 2.61. The van der Waals surface area contributed by atoms with Gasteiger partial charge in [-0.05, 0) is 19.3 Å². The van der Waals surface area contributed by atoms with E-state index in [1.165, 1.54) is 25.7 Å². The summed E-state index contributed by atoms with van der Waals surface area (Å²) in [6, 6.07) is 0. The fraction of sp³-hybridized carbons (Fsp3) is 0.905. The first-order valence-corrected chi connectivity index (χ1v) is 11.8. The topological polar surface area (TPSA) is 94.8 Å². The van der Waals surface area contributed by atoms with Crippen molar-refractivity contribution >= 4 is 23.7 Å². The number of hydrogen-bond donors (Lipinski definition) is 3. The summed E-state index contributed by atoms with van der Waals surface area (Å²) in [7, 11) is 0. The van der Waals surface area contributed by atoms with Gasteiger partial charge in [0.15, 0.2) is 0 Å². The maximum absolute atomic E-state index is 10.7. The third kappa shape index (κ3) is 18.4. The second-order valence-electron chi connectivity index (χ2n) is 7.38. The van der Waals surface area contributed by atoms with Crippen LogP contribution in [0.1, 0.15) is 103 Å². The van der Waals surface area contributed by atoms with Gasteiger partial charge >= 0.3 is 11.9 Å². The highest BCUT2D eigenvalue weighted by Crippen LogP contribution is 2.25. The first kappa shape index (κ1) is 26.2. The van der Waals surface area contributed by atoms with E-state index in [0.29, 0.717) is 5.75 Å². The minimum absolute atomic E-state index is 0.110. The van der Waals surface area contributed by atoms with Crippen molar-refractivity contribution in [2.24, 2.45) is 0 Å². The second kappa shape index (κ2) is 18.6. The van der Waals surface area contributed by atoms with Crippen molar-refractivity contribution in [3.63, 3.8) is 0 Å². The average molecular weight is 405 g/mol. The molecule has 0 fully saturated rings. The maximum atomic E-state index is 10.7. The molecular formula is C21H40O5S. The van der Waals surface area contributed by atoms with Gasteiger partial charge in [0.2, 0.25) is 0 Å². The summed E-state index contributed by atoms with van der Waals surface area (Å²) < 4.78 is 0. The molecule has 0 aliphatic rings. The van der Waals surface area contributed by atoms with Crippen LogP contribution < -0.4 is 0 Å². The van der Waals surface area contributed by atoms with Crippen LogP contribution >= 0.6 is 11.8 Å². The van der Waals surface area contributed by atoms with E-state index in [4.69, 9.17) is 10.2 Å². The first-order valence-electron chi connectivity index (χ1n) is 10.7. The quantitative estimate of drug-likeness (QED) is 0.232. The lowest BCUT2D eigenvalue weighted by Gasteiger charge is -2.22. The lowest BCUT2D eigenvalue weighted by molar-refractivity contribution is -0.137. The molecule has 0 saturated carbocycles. The molecule has 0 amide bonds. The number of rotatable bonds is 20. The number of carboxylic acids is 2. The molecule has 27 heavy (non-hydrogen) atoms. The van der Waals surface area contributed by atoms with Gasteiger partial charge in [0.05, 0.1) is 12.5 Å². The van der Waals surface area contributed by atoms with E-state index in [1.807, 2.05) is 0 Å². The number of thioether (sulfide) groups is 1. The summed E-state index contributed by atoms with van der Waals surface area (Å²) in [5.74, 6) is -0.973. The molecule has 0 radical (unpaired) electrons. The van der Waals surface area contributed by atoms with Crippen molar-refractivity contribution in [2.45, 2.75) is 115 Å². The molecule has 0 heterocycles. The third-order valence-corrected chi connectivity index (χ3v) is 6.23. The molecule has 160 valence electrons. The van der Waals surface area contributed by atoms with Gasteiger partial charge < -0.3 is 15.3 Å². The Labute approximate surface area is 169 Å². The molecule has 0 aliphatic heterocycles. The van der Waals surface area contributed by atoms with Crippen molar-refractivity contribution < 1.29 is 24.9 Å². The van der Waals surface area contributed by atoms with E-state index in [0.717, 1.165) is 57.8 Å². The third-order valence-electron chi connectivity index (χ3n) is 4.81. The number of carbonyl (C=O) groups is 2. The number of aliphatic hydroxyl groups excluding tert-OH is 1. The lowest BCUT2D eigenvalue weighted by Crippen LogP contribution is -2.24. The van der Waals surface area contributed by atoms with Crippen molar-refractivity contribution in [3.8, 4) is 0 Å². The van der Waals surface area contributed by atoms with Crippen molar-refractivity contribution in [1.29, 1.82) is 0 Å². The molecule has 0 saturated heterocycles. The molecule has 0 spiro atoms. The van der Waals surface area contributed by atoms with E-state index >= 15 is 0 Å². The molecule has 2 atom stereocenters. The van der Waals surface area contributed by atoms with Crippen LogP contribution in [0.5, 0.6) is 0 Å². The largest absolute Gasteiger partial charge is 0.481 e. The molecule has 0 aromatic carbocycles. The number of carboxylic acid groups (broad SMARTS) is 2. The number of aliphatic carboxylic acids is 2. The Morgan fingerprint density at radius 3 is 1.85 bits per heavy atom. The summed E-state index contributed by atoms with van der Waals surface area (Å²) in [6.07, 6.45) is 13.7. The van der Waals surface area contributed by atoms with Crippen LogP contribution in [0.4, 0.5) is 0 Å². The predicted octanol–water partition coefficient (Wildman–Crippen LogP) is 5.49. The Morgan fingerprint density at radius 2 is 1.26 bits per heavy atom. The smallest absolute Gasteiger partial charge is 0.304 e. The standard InChI is InChI=1S/C21H40O5S/c1-2-3-4-5-7-10-13-18(22)19(27-17-16-21(25)26)14-11-8-6-9-12-15-20(23)24/h18-19,22H,2-17H2,1H3,(H,23,24)(H,25,26)/t18-,19+/m1/s1. The van der Waals surface area contributed by atoms with Crippen molar-refractivity contribution in [2.75, 3.05) is 5.75 Å². The van der Waals surface area contributed by atoms with Crippen molar-refractivity contribution in [3.05, 3.63) is 0 Å². The van der Waals surface area contributed by atoms with Gasteiger partial charge in [-0.15, -0.1) is 0 Å². The summed E-state index contributed by atoms with van der Waals surface area (Å²) >= 11 is 1.59. The molecule has 3 N–H and O–H groups in total. The molecule has 0 aromatic rings. The summed E-state index contributed by atoms with van der Waals surface area (Å²) in [6.45, 7) is 2.20. The second-order valence-corrected chi connectivity index (χ2v) is 8.72. The Hall–Kier alpha value is -0.750. The highest BCUT2D eigenvalue weighted by molar-refractivity contribution is 7.99. The highest BCUT2D eigenvalue weighted by Gasteiger charge is 2.19. The molecule has 0 aliphatic carbocycles. The van der Waals surface area contributed by atoms with E-state index in [2.05, 4.69) is 6.92 Å². The van der Waals surface area contributed by atoms with Crippen LogP contribution in [0.15, 0.2) is 0 Å². The molecule has 0 aromatic heterocycles. The van der Waals surface area contributed by atoms with E-state index in [1.54, 1.807) is 11.8 Å². The van der Waals surface area contributed by atoms with E-state index in [9.17, 15) is 14.7 Å². The van der Waals surface area contributed by atoms with Gasteiger partial charge in [-0.1, -0.05) is 71.1 Å². The maximum Gasteiger partial charge on any atom is 0.304 e. The molecular weight excluding hydrogens is 364 g/mol. The van der Waals surface area contributed by atoms with Gasteiger partial charge in [0.25, 0.3) is 0 Å². The Kier molecular flexibility index (Phi) is 18.1. The fourth-order valence-electron chi connectivity index (χ4n) is 3.16. The summed E-state index contributed by atoms with van der Waals surface area (Å²) in [5.41, 5.74) is 0. The summed E-state index contributed by atoms with van der Waals surface area (Å²) in [5, 5.41) is 28.1. The normalized spacial score (nSPS) is 13.4. The van der Waals surface area contributed by atoms with Crippen LogP contribution in [0.2, 0.25) is 0 Å². The van der Waals surface area contributed by atoms with Crippen LogP contribution in [0, 0.1) is 0 Å². The number of aliphatic hydroxyl groups is 1. The SMILES string of the molecule is CCCCCCCC[C@@H](O)[C@H](CCCCCCCC(=O)O)SCCC(=O)O. The van der Waals surface area contributed by atoms with Crippen molar-refractivity contribution in [1.82, 2.24) is 0 Å². The Balaban J connectivity index is 4.03. The molecule has 0 bridgehead atoms. The zero-order valence-electron chi connectivity index (χ0n) is 17.0. The minimum Gasteiger partial charge on any atom is -0.481 e. The van der Waals surface area contributed by atoms with E-state index in [-0.39, 0.29) is 24.2 Å². The summed E-state index contributed by atoms with van der Waals surface area (Å²) in [4.78, 5) is 21.2. The lowest BCUT2D eigenvalue weighted by atomic mass is 10.0. The predicted molar refractivity (Wildman–Crippen MR) is 112 cm³/mol. The monoisotopic (exact) mass is 404 g/mol. The number of unbranched alkanes of at least 4 members (excludes halogenated alkanes) is 9. The highest BCUT2D eigenvalue weighted by atomic mass is 32.2. The van der Waals surface area contributed by atoms with Crippen LogP contribution in [-0.4, -0.2) is 44.4 Å². The first-order chi connectivity index (χ1) is 13.0. The zero-order valence-corrected chi connectivity index (χ0v) is 17.9. The minimum atomic E-state index is -0.787. The van der Waals surface area contributed by atoms with Gasteiger partial charge in [-0.2, -0.15) is 11.8 Å². The van der Waals surface area contributed by atoms with Gasteiger partial charge in [0, 0.05) is 17.4 Å². The Bertz CT molecular complexity index is 376. The van der Waals surface area contributed by atoms with E-state index < -0.39 is 11.9 Å². The number of hydrogen-bond acceptors (Lipinski definition) is 4. The molecule has 5 nitrogen and oxygen atoms in total. The Morgan fingerprint density at radius 1 is 0.741 bits per heavy atom. The van der Waals surface area contributed by atoms with Crippen LogP contribution in [0.25, 0.3) is 0 Å². The van der Waals surface area contributed by atoms with Gasteiger partial charge in [-0.3, -0.25) is 9.59 Å². The molecule has 0 unspecified atom stereocenters. The van der Waals surface area contributed by atoms with Gasteiger partial charge in [-0.25, -0.2) is 0 Å². The van der Waals surface area contributed by atoms with Crippen LogP contribution in [0.3, 0.4) is 0 Å². The fourth-order valence-corrected chi connectivity index (χ4v) is 4.44. The zero-order chi connectivity index (χ0) is 20.3. The molecule has 6 heteroatoms. The molecule has 0 rings (SSSR count). The van der Waals surface area contributed by atoms with Gasteiger partial charge in [0.1, 0.15) is 0 Å². The van der Waals surface area contributed by atoms with Crippen LogP contribution in [-0.2, 0) is 9.59 Å².